The van der Waals surface area contributed by atoms with Crippen molar-refractivity contribution in [3.63, 3.8) is 0 Å². The number of benzene rings is 1. The summed E-state index contributed by atoms with van der Waals surface area (Å²) < 4.78 is 0. The van der Waals surface area contributed by atoms with Gasteiger partial charge in [0.25, 0.3) is 5.91 Å². The van der Waals surface area contributed by atoms with Crippen molar-refractivity contribution < 1.29 is 9.90 Å². The number of carbonyl (C=O) groups excluding carboxylic acids is 1. The molecule has 17 heavy (non-hydrogen) atoms. The molecule has 4 heteroatoms. The fraction of sp³-hybridized carbons (Fsp3) is 0.462. The molecule has 0 aromatic heterocycles. The number of nitrogens with zero attached hydrogens (tertiary/aromatic N) is 1. The Labute approximate surface area is 106 Å². The minimum atomic E-state index is -0.396. The molecule has 1 atom stereocenters. The number of β-amino-alcohol motifs (C(OH)–C–C–N with tert-alkyl or cyclic N) is 1. The van der Waals surface area contributed by atoms with Gasteiger partial charge in [0.15, 0.2) is 0 Å². The van der Waals surface area contributed by atoms with Crippen LogP contribution in [0.5, 0.6) is 0 Å². The molecule has 1 aliphatic rings. The third kappa shape index (κ3) is 2.61. The largest absolute Gasteiger partial charge is 0.391 e. The summed E-state index contributed by atoms with van der Waals surface area (Å²) in [5.41, 5.74) is 1.44. The van der Waals surface area contributed by atoms with Gasteiger partial charge >= 0.3 is 0 Å². The zero-order valence-corrected chi connectivity index (χ0v) is 10.6. The molecule has 0 spiro atoms. The van der Waals surface area contributed by atoms with Gasteiger partial charge in [0, 0.05) is 23.7 Å². The van der Waals surface area contributed by atoms with Gasteiger partial charge in [0.2, 0.25) is 0 Å². The highest BCUT2D eigenvalue weighted by atomic mass is 35.5. The van der Waals surface area contributed by atoms with Crippen LogP contribution in [0, 0.1) is 6.92 Å². The van der Waals surface area contributed by atoms with Crippen molar-refractivity contribution in [1.29, 1.82) is 0 Å². The monoisotopic (exact) mass is 253 g/mol. The van der Waals surface area contributed by atoms with E-state index in [-0.39, 0.29) is 5.91 Å². The van der Waals surface area contributed by atoms with E-state index in [4.69, 9.17) is 11.6 Å². The molecule has 1 fully saturated rings. The van der Waals surface area contributed by atoms with E-state index in [9.17, 15) is 9.90 Å². The summed E-state index contributed by atoms with van der Waals surface area (Å²) in [5, 5.41) is 10.2. The Balaban J connectivity index is 2.22. The molecular weight excluding hydrogens is 238 g/mol. The summed E-state index contributed by atoms with van der Waals surface area (Å²) in [5.74, 6) is -0.0382. The molecule has 3 nitrogen and oxygen atoms in total. The summed E-state index contributed by atoms with van der Waals surface area (Å²) >= 11 is 6.01. The summed E-state index contributed by atoms with van der Waals surface area (Å²) in [6.07, 6.45) is 1.23. The molecule has 1 amide bonds. The van der Waals surface area contributed by atoms with E-state index in [1.807, 2.05) is 6.92 Å². The second-order valence-electron chi connectivity index (χ2n) is 4.46. The van der Waals surface area contributed by atoms with Gasteiger partial charge in [-0.2, -0.15) is 0 Å². The van der Waals surface area contributed by atoms with Crippen LogP contribution in [-0.4, -0.2) is 35.1 Å². The van der Waals surface area contributed by atoms with Crippen LogP contribution in [0.1, 0.15) is 28.8 Å². The summed E-state index contributed by atoms with van der Waals surface area (Å²) in [6.45, 7) is 2.97. The molecule has 1 aromatic carbocycles. The van der Waals surface area contributed by atoms with Crippen molar-refractivity contribution in [2.75, 3.05) is 13.1 Å². The molecule has 0 saturated carbocycles. The minimum Gasteiger partial charge on any atom is -0.391 e. The van der Waals surface area contributed by atoms with E-state index in [0.717, 1.165) is 18.4 Å². The second-order valence-corrected chi connectivity index (χ2v) is 4.87. The molecule has 2 rings (SSSR count). The van der Waals surface area contributed by atoms with Gasteiger partial charge < -0.3 is 10.0 Å². The number of likely N-dealkylation sites (tertiary alicyclic amines) is 1. The standard InChI is InChI=1S/C13H16ClNO2/c1-9-11(5-2-6-12(9)14)13(17)15-7-3-4-10(16)8-15/h2,5-6,10,16H,3-4,7-8H2,1H3. The van der Waals surface area contributed by atoms with Gasteiger partial charge in [-0.1, -0.05) is 17.7 Å². The fourth-order valence-electron chi connectivity index (χ4n) is 2.15. The molecule has 0 bridgehead atoms. The highest BCUT2D eigenvalue weighted by Gasteiger charge is 2.24. The molecule has 92 valence electrons. The van der Waals surface area contributed by atoms with Crippen molar-refractivity contribution in [2.45, 2.75) is 25.9 Å². The van der Waals surface area contributed by atoms with Crippen LogP contribution in [0.2, 0.25) is 5.02 Å². The highest BCUT2D eigenvalue weighted by molar-refractivity contribution is 6.31. The van der Waals surface area contributed by atoms with E-state index in [2.05, 4.69) is 0 Å². The van der Waals surface area contributed by atoms with Gasteiger partial charge in [-0.15, -0.1) is 0 Å². The SMILES string of the molecule is Cc1c(Cl)cccc1C(=O)N1CCCC(O)C1. The number of amides is 1. The van der Waals surface area contributed by atoms with Crippen molar-refractivity contribution in [2.24, 2.45) is 0 Å². The first-order valence-electron chi connectivity index (χ1n) is 5.82. The average molecular weight is 254 g/mol. The normalized spacial score (nSPS) is 20.4. The Morgan fingerprint density at radius 1 is 1.53 bits per heavy atom. The summed E-state index contributed by atoms with van der Waals surface area (Å²) in [6, 6.07) is 5.34. The Kier molecular flexibility index (Phi) is 3.69. The van der Waals surface area contributed by atoms with Crippen LogP contribution in [0.3, 0.4) is 0 Å². The van der Waals surface area contributed by atoms with Gasteiger partial charge in [-0.05, 0) is 37.5 Å². The van der Waals surface area contributed by atoms with E-state index in [0.29, 0.717) is 23.7 Å². The first-order chi connectivity index (χ1) is 8.09. The number of rotatable bonds is 1. The Bertz CT molecular complexity index is 433. The molecule has 1 aliphatic heterocycles. The number of halogens is 1. The number of piperidine rings is 1. The topological polar surface area (TPSA) is 40.5 Å². The lowest BCUT2D eigenvalue weighted by Crippen LogP contribution is -2.42. The lowest BCUT2D eigenvalue weighted by Gasteiger charge is -2.30. The van der Waals surface area contributed by atoms with E-state index < -0.39 is 6.10 Å². The average Bonchev–Trinajstić information content (AvgIpc) is 2.32. The van der Waals surface area contributed by atoms with E-state index >= 15 is 0 Å². The summed E-state index contributed by atoms with van der Waals surface area (Å²) in [4.78, 5) is 14.0. The molecule has 1 aromatic rings. The van der Waals surface area contributed by atoms with Crippen molar-refractivity contribution in [1.82, 2.24) is 4.90 Å². The van der Waals surface area contributed by atoms with Crippen LogP contribution in [0.4, 0.5) is 0 Å². The number of carbonyl (C=O) groups is 1. The molecule has 1 heterocycles. The predicted molar refractivity (Wildman–Crippen MR) is 67.3 cm³/mol. The van der Waals surface area contributed by atoms with E-state index in [1.54, 1.807) is 23.1 Å². The van der Waals surface area contributed by atoms with Crippen LogP contribution in [0.15, 0.2) is 18.2 Å². The van der Waals surface area contributed by atoms with Gasteiger partial charge in [-0.3, -0.25) is 4.79 Å². The van der Waals surface area contributed by atoms with Crippen molar-refractivity contribution >= 4 is 17.5 Å². The maximum absolute atomic E-state index is 12.3. The molecule has 1 N–H and O–H groups in total. The van der Waals surface area contributed by atoms with Gasteiger partial charge in [0.05, 0.1) is 6.10 Å². The van der Waals surface area contributed by atoms with Crippen molar-refractivity contribution in [3.8, 4) is 0 Å². The second kappa shape index (κ2) is 5.07. The predicted octanol–water partition coefficient (Wildman–Crippen LogP) is 2.25. The van der Waals surface area contributed by atoms with E-state index in [1.165, 1.54) is 0 Å². The molecular formula is C13H16ClNO2. The number of aliphatic hydroxyl groups excluding tert-OH is 1. The quantitative estimate of drug-likeness (QED) is 0.834. The number of hydrogen-bond donors (Lipinski definition) is 1. The van der Waals surface area contributed by atoms with Crippen LogP contribution in [-0.2, 0) is 0 Å². The van der Waals surface area contributed by atoms with Crippen molar-refractivity contribution in [3.05, 3.63) is 34.3 Å². The molecule has 1 saturated heterocycles. The van der Waals surface area contributed by atoms with Crippen LogP contribution in [0.25, 0.3) is 0 Å². The maximum atomic E-state index is 12.3. The zero-order chi connectivity index (χ0) is 12.4. The first kappa shape index (κ1) is 12.4. The zero-order valence-electron chi connectivity index (χ0n) is 9.82. The highest BCUT2D eigenvalue weighted by Crippen LogP contribution is 2.21. The fourth-order valence-corrected chi connectivity index (χ4v) is 2.32. The molecule has 0 radical (unpaired) electrons. The smallest absolute Gasteiger partial charge is 0.254 e. The maximum Gasteiger partial charge on any atom is 0.254 e. The third-order valence-corrected chi connectivity index (χ3v) is 3.59. The third-order valence-electron chi connectivity index (χ3n) is 3.18. The van der Waals surface area contributed by atoms with Crippen LogP contribution < -0.4 is 0 Å². The lowest BCUT2D eigenvalue weighted by atomic mass is 10.0. The molecule has 0 aliphatic carbocycles. The number of aliphatic hydroxyl groups is 1. The van der Waals surface area contributed by atoms with Gasteiger partial charge in [0.1, 0.15) is 0 Å². The Morgan fingerprint density at radius 2 is 2.29 bits per heavy atom. The first-order valence-corrected chi connectivity index (χ1v) is 6.20. The molecule has 1 unspecified atom stereocenters. The van der Waals surface area contributed by atoms with Crippen LogP contribution >= 0.6 is 11.6 Å². The minimum absolute atomic E-state index is 0.0382. The van der Waals surface area contributed by atoms with Gasteiger partial charge in [-0.25, -0.2) is 0 Å². The Hall–Kier alpha value is -1.06. The summed E-state index contributed by atoms with van der Waals surface area (Å²) in [7, 11) is 0. The lowest BCUT2D eigenvalue weighted by molar-refractivity contribution is 0.0473. The number of hydrogen-bond acceptors (Lipinski definition) is 2. The Morgan fingerprint density at radius 3 is 3.00 bits per heavy atom.